The van der Waals surface area contributed by atoms with Gasteiger partial charge < -0.3 is 5.32 Å². The van der Waals surface area contributed by atoms with E-state index in [0.717, 1.165) is 42.4 Å². The first kappa shape index (κ1) is 19.5. The van der Waals surface area contributed by atoms with Crippen LogP contribution in [0.3, 0.4) is 0 Å². The standard InChI is InChI=1S/C21H27N3S.ClH/c1-14(2)13-25-21-23-19-10-6-5-9-18(19)20(24-21)22-17-11-15-7-3-4-8-16(15)12-17;/h3-4,7-8,14,17H,5-6,9-13H2,1-2H3,(H,22,23,24);1H. The second kappa shape index (κ2) is 8.62. The number of rotatable bonds is 5. The summed E-state index contributed by atoms with van der Waals surface area (Å²) in [7, 11) is 0. The molecule has 4 rings (SSSR count). The molecule has 1 aromatic carbocycles. The van der Waals surface area contributed by atoms with Gasteiger partial charge in [-0.3, -0.25) is 0 Å². The molecule has 0 aliphatic heterocycles. The van der Waals surface area contributed by atoms with Crippen LogP contribution >= 0.6 is 24.2 Å². The summed E-state index contributed by atoms with van der Waals surface area (Å²) in [6.45, 7) is 4.50. The van der Waals surface area contributed by atoms with Gasteiger partial charge in [-0.05, 0) is 55.6 Å². The number of benzene rings is 1. The largest absolute Gasteiger partial charge is 0.366 e. The predicted molar refractivity (Wildman–Crippen MR) is 113 cm³/mol. The Morgan fingerprint density at radius 1 is 1.08 bits per heavy atom. The number of hydrogen-bond donors (Lipinski definition) is 1. The monoisotopic (exact) mass is 389 g/mol. The topological polar surface area (TPSA) is 37.8 Å². The minimum absolute atomic E-state index is 0. The summed E-state index contributed by atoms with van der Waals surface area (Å²) in [5, 5.41) is 4.73. The van der Waals surface area contributed by atoms with Crippen LogP contribution in [-0.4, -0.2) is 21.8 Å². The fourth-order valence-corrected chi connectivity index (χ4v) is 4.66. The molecule has 0 atom stereocenters. The molecule has 1 N–H and O–H groups in total. The maximum atomic E-state index is 4.93. The highest BCUT2D eigenvalue weighted by atomic mass is 35.5. The average molecular weight is 390 g/mol. The van der Waals surface area contributed by atoms with Crippen molar-refractivity contribution >= 4 is 30.0 Å². The van der Waals surface area contributed by atoms with Gasteiger partial charge in [0.15, 0.2) is 5.16 Å². The van der Waals surface area contributed by atoms with Crippen LogP contribution in [0.15, 0.2) is 29.4 Å². The molecule has 26 heavy (non-hydrogen) atoms. The Labute approximate surface area is 167 Å². The summed E-state index contributed by atoms with van der Waals surface area (Å²) in [5.41, 5.74) is 5.62. The first-order valence-corrected chi connectivity index (χ1v) is 10.5. The van der Waals surface area contributed by atoms with Crippen molar-refractivity contribution in [3.05, 3.63) is 46.6 Å². The molecule has 0 fully saturated rings. The number of nitrogens with one attached hydrogen (secondary N) is 1. The first-order chi connectivity index (χ1) is 12.2. The third-order valence-corrected chi connectivity index (χ3v) is 6.37. The minimum Gasteiger partial charge on any atom is -0.366 e. The molecule has 0 amide bonds. The lowest BCUT2D eigenvalue weighted by Gasteiger charge is -2.22. The van der Waals surface area contributed by atoms with E-state index in [9.17, 15) is 0 Å². The summed E-state index contributed by atoms with van der Waals surface area (Å²) >= 11 is 1.80. The normalized spacial score (nSPS) is 16.1. The van der Waals surface area contributed by atoms with E-state index >= 15 is 0 Å². The zero-order valence-corrected chi connectivity index (χ0v) is 17.3. The van der Waals surface area contributed by atoms with Gasteiger partial charge in [0.05, 0.1) is 5.69 Å². The Morgan fingerprint density at radius 3 is 2.46 bits per heavy atom. The van der Waals surface area contributed by atoms with Crippen molar-refractivity contribution in [2.24, 2.45) is 5.92 Å². The molecule has 0 spiro atoms. The van der Waals surface area contributed by atoms with Gasteiger partial charge in [0.25, 0.3) is 0 Å². The van der Waals surface area contributed by atoms with E-state index in [1.54, 1.807) is 11.8 Å². The van der Waals surface area contributed by atoms with Crippen molar-refractivity contribution in [1.82, 2.24) is 9.97 Å². The van der Waals surface area contributed by atoms with Crippen LogP contribution < -0.4 is 5.32 Å². The second-order valence-corrected chi connectivity index (χ2v) is 8.70. The van der Waals surface area contributed by atoms with E-state index in [-0.39, 0.29) is 12.4 Å². The third kappa shape index (κ3) is 4.34. The Bertz CT molecular complexity index is 738. The van der Waals surface area contributed by atoms with Crippen LogP contribution in [0.1, 0.15) is 49.1 Å². The molecule has 2 aliphatic carbocycles. The Hall–Kier alpha value is -1.26. The minimum atomic E-state index is 0. The van der Waals surface area contributed by atoms with Gasteiger partial charge in [-0.15, -0.1) is 12.4 Å². The molecular weight excluding hydrogens is 362 g/mol. The van der Waals surface area contributed by atoms with Crippen molar-refractivity contribution < 1.29 is 0 Å². The van der Waals surface area contributed by atoms with Gasteiger partial charge in [-0.2, -0.15) is 0 Å². The number of aromatic nitrogens is 2. The SMILES string of the molecule is CC(C)CSc1nc2c(c(NC3Cc4ccccc4C3)n1)CCCC2.Cl. The number of hydrogen-bond acceptors (Lipinski definition) is 4. The molecule has 5 heteroatoms. The molecule has 0 saturated heterocycles. The second-order valence-electron chi connectivity index (χ2n) is 7.71. The fraction of sp³-hybridized carbons (Fsp3) is 0.524. The molecular formula is C21H28ClN3S. The van der Waals surface area contributed by atoms with Crippen LogP contribution in [0.5, 0.6) is 0 Å². The average Bonchev–Trinajstić information content (AvgIpc) is 3.02. The van der Waals surface area contributed by atoms with Crippen LogP contribution in [-0.2, 0) is 25.7 Å². The highest BCUT2D eigenvalue weighted by molar-refractivity contribution is 7.99. The molecule has 0 saturated carbocycles. The van der Waals surface area contributed by atoms with Crippen molar-refractivity contribution in [3.8, 4) is 0 Å². The van der Waals surface area contributed by atoms with Gasteiger partial charge in [-0.25, -0.2) is 9.97 Å². The fourth-order valence-electron chi connectivity index (χ4n) is 3.85. The van der Waals surface area contributed by atoms with Crippen LogP contribution in [0.25, 0.3) is 0 Å². The maximum Gasteiger partial charge on any atom is 0.189 e. The highest BCUT2D eigenvalue weighted by Crippen LogP contribution is 2.31. The molecule has 140 valence electrons. The lowest BCUT2D eigenvalue weighted by Crippen LogP contribution is -2.23. The van der Waals surface area contributed by atoms with E-state index in [0.29, 0.717) is 12.0 Å². The molecule has 0 radical (unpaired) electrons. The molecule has 1 heterocycles. The summed E-state index contributed by atoms with van der Waals surface area (Å²) in [4.78, 5) is 9.80. The zero-order chi connectivity index (χ0) is 17.2. The highest BCUT2D eigenvalue weighted by Gasteiger charge is 2.24. The first-order valence-electron chi connectivity index (χ1n) is 9.55. The smallest absolute Gasteiger partial charge is 0.189 e. The Balaban J connectivity index is 0.00000196. The van der Waals surface area contributed by atoms with Crippen LogP contribution in [0.2, 0.25) is 0 Å². The van der Waals surface area contributed by atoms with Crippen molar-refractivity contribution in [1.29, 1.82) is 0 Å². The summed E-state index contributed by atoms with van der Waals surface area (Å²) < 4.78 is 0. The summed E-state index contributed by atoms with van der Waals surface area (Å²) in [6, 6.07) is 9.27. The third-order valence-electron chi connectivity index (χ3n) is 5.10. The van der Waals surface area contributed by atoms with E-state index < -0.39 is 0 Å². The number of anilines is 1. The van der Waals surface area contributed by atoms with Gasteiger partial charge in [0.2, 0.25) is 0 Å². The van der Waals surface area contributed by atoms with E-state index in [4.69, 9.17) is 9.97 Å². The lowest BCUT2D eigenvalue weighted by atomic mass is 9.96. The zero-order valence-electron chi connectivity index (χ0n) is 15.6. The van der Waals surface area contributed by atoms with Gasteiger partial charge >= 0.3 is 0 Å². The molecule has 0 unspecified atom stereocenters. The summed E-state index contributed by atoms with van der Waals surface area (Å²) in [6.07, 6.45) is 6.94. The van der Waals surface area contributed by atoms with Gasteiger partial charge in [0.1, 0.15) is 5.82 Å². The van der Waals surface area contributed by atoms with Crippen molar-refractivity contribution in [2.75, 3.05) is 11.1 Å². The van der Waals surface area contributed by atoms with E-state index in [1.807, 2.05) is 0 Å². The summed E-state index contributed by atoms with van der Waals surface area (Å²) in [5.74, 6) is 2.84. The Morgan fingerprint density at radius 2 is 1.77 bits per heavy atom. The molecule has 2 aliphatic rings. The van der Waals surface area contributed by atoms with Crippen molar-refractivity contribution in [2.45, 2.75) is 63.6 Å². The molecule has 1 aromatic heterocycles. The van der Waals surface area contributed by atoms with E-state index in [1.165, 1.54) is 35.2 Å². The number of fused-ring (bicyclic) bond motifs is 2. The maximum absolute atomic E-state index is 4.93. The van der Waals surface area contributed by atoms with Crippen molar-refractivity contribution in [3.63, 3.8) is 0 Å². The number of nitrogens with zero attached hydrogens (tertiary/aromatic N) is 2. The molecule has 2 aromatic rings. The quantitative estimate of drug-likeness (QED) is 0.570. The van der Waals surface area contributed by atoms with Gasteiger partial charge in [-0.1, -0.05) is 49.9 Å². The molecule has 0 bridgehead atoms. The molecule has 3 nitrogen and oxygen atoms in total. The predicted octanol–water partition coefficient (Wildman–Crippen LogP) is 5.10. The number of thioether (sulfide) groups is 1. The number of halogens is 1. The van der Waals surface area contributed by atoms with E-state index in [2.05, 4.69) is 43.4 Å². The number of aryl methyl sites for hydroxylation is 1. The van der Waals surface area contributed by atoms with Crippen LogP contribution in [0.4, 0.5) is 5.82 Å². The Kier molecular flexibility index (Phi) is 6.46. The van der Waals surface area contributed by atoms with Gasteiger partial charge in [0, 0.05) is 17.4 Å². The lowest BCUT2D eigenvalue weighted by molar-refractivity contribution is 0.645. The van der Waals surface area contributed by atoms with Crippen LogP contribution in [0, 0.1) is 5.92 Å².